The van der Waals surface area contributed by atoms with Gasteiger partial charge in [0.05, 0.1) is 12.1 Å². The number of nitrogens with two attached hydrogens (primary N) is 2. The average Bonchev–Trinajstić information content (AvgIpc) is 3.19. The van der Waals surface area contributed by atoms with Crippen molar-refractivity contribution in [3.8, 4) is 5.75 Å². The van der Waals surface area contributed by atoms with Gasteiger partial charge >= 0.3 is 30.2 Å². The molecule has 10 amide bonds. The largest absolute Gasteiger partial charge is 0.508 e. The predicted octanol–water partition coefficient (Wildman–Crippen LogP) is 1.94. The SMILES string of the molecule is CNC(=O)NC[C@H](Cc1ccccc1)NC(=O)NCC(NC(=O)NC[C@H](CC(C)C)NC(=O)NC[C@H](CCCCN)NC(=O)NC[C@@H](N)Cc1ccc(O)cc1)C(C)C. The molecule has 18 nitrogen and oxygen atoms in total. The lowest BCUT2D eigenvalue weighted by molar-refractivity contribution is 0.221. The van der Waals surface area contributed by atoms with Gasteiger partial charge in [-0.25, -0.2) is 24.0 Å². The third-order valence-corrected chi connectivity index (χ3v) is 9.41. The van der Waals surface area contributed by atoms with E-state index in [0.29, 0.717) is 32.2 Å². The van der Waals surface area contributed by atoms with Gasteiger partial charge in [0.15, 0.2) is 0 Å². The number of urea groups is 5. The Morgan fingerprint density at radius 2 is 1.10 bits per heavy atom. The van der Waals surface area contributed by atoms with E-state index in [1.807, 2.05) is 58.0 Å². The van der Waals surface area contributed by atoms with Gasteiger partial charge in [-0.3, -0.25) is 0 Å². The Balaban J connectivity index is 1.87. The highest BCUT2D eigenvalue weighted by Crippen LogP contribution is 2.11. The van der Waals surface area contributed by atoms with Crippen LogP contribution in [-0.2, 0) is 12.8 Å². The summed E-state index contributed by atoms with van der Waals surface area (Å²) in [5.41, 5.74) is 13.8. The van der Waals surface area contributed by atoms with Gasteiger partial charge in [0.25, 0.3) is 0 Å². The number of benzene rings is 2. The molecule has 18 heteroatoms. The number of hydrogen-bond acceptors (Lipinski definition) is 8. The topological polar surface area (TPSA) is 278 Å². The van der Waals surface area contributed by atoms with Crippen LogP contribution in [0, 0.1) is 11.8 Å². The van der Waals surface area contributed by atoms with Crippen LogP contribution in [0.15, 0.2) is 54.6 Å². The molecule has 0 spiro atoms. The Morgan fingerprint density at radius 1 is 0.593 bits per heavy atom. The van der Waals surface area contributed by atoms with E-state index in [4.69, 9.17) is 11.5 Å². The number of rotatable bonds is 25. The van der Waals surface area contributed by atoms with Gasteiger partial charge in [-0.2, -0.15) is 0 Å². The average molecular weight is 827 g/mol. The number of carbonyl (C=O) groups excluding carboxylic acids is 5. The van der Waals surface area contributed by atoms with Crippen LogP contribution in [0.3, 0.4) is 0 Å². The van der Waals surface area contributed by atoms with Gasteiger partial charge in [0.2, 0.25) is 0 Å². The molecule has 0 heterocycles. The van der Waals surface area contributed by atoms with Crippen LogP contribution in [0.1, 0.15) is 64.5 Å². The van der Waals surface area contributed by atoms with Crippen molar-refractivity contribution in [2.24, 2.45) is 23.3 Å². The van der Waals surface area contributed by atoms with Crippen molar-refractivity contribution in [1.29, 1.82) is 0 Å². The third-order valence-electron chi connectivity index (χ3n) is 9.41. The first-order valence-electron chi connectivity index (χ1n) is 20.6. The van der Waals surface area contributed by atoms with Gasteiger partial charge in [0.1, 0.15) is 5.75 Å². The zero-order valence-electron chi connectivity index (χ0n) is 35.4. The minimum atomic E-state index is -0.448. The molecule has 0 aliphatic rings. The molecule has 15 N–H and O–H groups in total. The summed E-state index contributed by atoms with van der Waals surface area (Å²) >= 11 is 0. The number of carbonyl (C=O) groups is 5. The first-order chi connectivity index (χ1) is 28.2. The van der Waals surface area contributed by atoms with Crippen molar-refractivity contribution >= 4 is 30.2 Å². The Hall–Kier alpha value is -5.49. The second kappa shape index (κ2) is 28.0. The summed E-state index contributed by atoms with van der Waals surface area (Å²) in [6.45, 7) is 9.32. The first-order valence-corrected chi connectivity index (χ1v) is 20.6. The molecule has 2 aromatic carbocycles. The number of aromatic hydroxyl groups is 1. The zero-order chi connectivity index (χ0) is 43.6. The molecule has 1 unspecified atom stereocenters. The van der Waals surface area contributed by atoms with E-state index in [1.54, 1.807) is 24.3 Å². The Morgan fingerprint density at radius 3 is 1.69 bits per heavy atom. The summed E-state index contributed by atoms with van der Waals surface area (Å²) in [5.74, 6) is 0.355. The molecular formula is C41H70N12O6. The molecule has 2 aromatic rings. The molecule has 0 aliphatic heterocycles. The molecular weight excluding hydrogens is 757 g/mol. The summed E-state index contributed by atoms with van der Waals surface area (Å²) in [7, 11) is 1.52. The normalized spacial score (nSPS) is 13.5. The Labute approximate surface area is 349 Å². The maximum Gasteiger partial charge on any atom is 0.315 e. The van der Waals surface area contributed by atoms with Crippen LogP contribution in [0.4, 0.5) is 24.0 Å². The quantitative estimate of drug-likeness (QED) is 0.0656. The van der Waals surface area contributed by atoms with Crippen molar-refractivity contribution in [3.05, 3.63) is 65.7 Å². The highest BCUT2D eigenvalue weighted by Gasteiger charge is 2.22. The molecule has 0 saturated carbocycles. The van der Waals surface area contributed by atoms with Crippen LogP contribution in [0.5, 0.6) is 5.75 Å². The standard InChI is InChI=1S/C41H70N12O6/c1-27(2)19-33(51-39(57)47-23-32(13-9-10-18-42)50-38(56)45-22-31(43)20-30-14-16-35(54)17-15-30)24-48-41(59)53-36(28(3)4)26-49-40(58)52-34(25-46-37(55)44-5)21-29-11-7-6-8-12-29/h6-8,11-12,14-17,27-28,31-34,36,54H,9-10,13,18-26,42-43H2,1-5H3,(H2,44,46,55)(H2,45,50,56)(H2,47,51,57)(H2,48,53,59)(H2,49,52,58)/t31-,32-,33-,34-,36?/m0/s1. The van der Waals surface area contributed by atoms with E-state index in [9.17, 15) is 29.1 Å². The highest BCUT2D eigenvalue weighted by molar-refractivity contribution is 5.77. The number of hydrogen-bond donors (Lipinski definition) is 13. The first kappa shape index (κ1) is 49.7. The van der Waals surface area contributed by atoms with Crippen LogP contribution in [-0.4, -0.2) is 112 Å². The summed E-state index contributed by atoms with van der Waals surface area (Å²) < 4.78 is 0. The van der Waals surface area contributed by atoms with Crippen LogP contribution < -0.4 is 64.6 Å². The smallest absolute Gasteiger partial charge is 0.315 e. The molecule has 330 valence electrons. The van der Waals surface area contributed by atoms with Gasteiger partial charge in [0, 0.05) is 57.9 Å². The number of nitrogens with one attached hydrogen (secondary N) is 10. The molecule has 0 fully saturated rings. The van der Waals surface area contributed by atoms with Gasteiger partial charge < -0.3 is 69.7 Å². The lowest BCUT2D eigenvalue weighted by Crippen LogP contribution is -2.55. The maximum absolute atomic E-state index is 13.1. The fraction of sp³-hybridized carbons (Fsp3) is 0.585. The van der Waals surface area contributed by atoms with E-state index in [-0.39, 0.29) is 74.5 Å². The number of unbranched alkanes of at least 4 members (excludes halogenated alkanes) is 1. The fourth-order valence-corrected chi connectivity index (χ4v) is 6.15. The summed E-state index contributed by atoms with van der Waals surface area (Å²) in [6, 6.07) is 12.4. The van der Waals surface area contributed by atoms with Crippen molar-refractivity contribution in [3.63, 3.8) is 0 Å². The molecule has 0 bridgehead atoms. The highest BCUT2D eigenvalue weighted by atomic mass is 16.3. The molecule has 0 saturated heterocycles. The molecule has 0 aliphatic carbocycles. The van der Waals surface area contributed by atoms with Gasteiger partial charge in [-0.05, 0) is 73.7 Å². The Kier molecular flexibility index (Phi) is 23.6. The van der Waals surface area contributed by atoms with Crippen LogP contribution >= 0.6 is 0 Å². The predicted molar refractivity (Wildman–Crippen MR) is 231 cm³/mol. The summed E-state index contributed by atoms with van der Waals surface area (Å²) in [5, 5.41) is 37.8. The van der Waals surface area contributed by atoms with E-state index >= 15 is 0 Å². The van der Waals surface area contributed by atoms with Crippen molar-refractivity contribution < 1.29 is 29.1 Å². The molecule has 5 atom stereocenters. The van der Waals surface area contributed by atoms with E-state index in [1.165, 1.54) is 7.05 Å². The number of phenolic OH excluding ortho intramolecular Hbond substituents is 1. The van der Waals surface area contributed by atoms with Crippen LogP contribution in [0.2, 0.25) is 0 Å². The van der Waals surface area contributed by atoms with Crippen molar-refractivity contribution in [2.45, 2.75) is 96.4 Å². The maximum atomic E-state index is 13.1. The molecule has 59 heavy (non-hydrogen) atoms. The van der Waals surface area contributed by atoms with E-state index < -0.39 is 36.2 Å². The van der Waals surface area contributed by atoms with Crippen molar-refractivity contribution in [1.82, 2.24) is 53.2 Å². The summed E-state index contributed by atoms with van der Waals surface area (Å²) in [4.78, 5) is 63.7. The zero-order valence-corrected chi connectivity index (χ0v) is 35.4. The minimum absolute atomic E-state index is 0.0258. The molecule has 0 radical (unpaired) electrons. The van der Waals surface area contributed by atoms with Gasteiger partial charge in [-0.15, -0.1) is 0 Å². The second-order valence-electron chi connectivity index (χ2n) is 15.6. The lowest BCUT2D eigenvalue weighted by atomic mass is 10.0. The van der Waals surface area contributed by atoms with Gasteiger partial charge in [-0.1, -0.05) is 76.6 Å². The molecule has 2 rings (SSSR count). The van der Waals surface area contributed by atoms with E-state index in [2.05, 4.69) is 53.2 Å². The third kappa shape index (κ3) is 22.9. The fourth-order valence-electron chi connectivity index (χ4n) is 6.15. The molecule has 0 aromatic heterocycles. The monoisotopic (exact) mass is 827 g/mol. The second-order valence-corrected chi connectivity index (χ2v) is 15.6. The number of phenols is 1. The van der Waals surface area contributed by atoms with Crippen LogP contribution in [0.25, 0.3) is 0 Å². The lowest BCUT2D eigenvalue weighted by Gasteiger charge is -2.26. The summed E-state index contributed by atoms with van der Waals surface area (Å²) in [6.07, 6.45) is 3.72. The van der Waals surface area contributed by atoms with Crippen molar-refractivity contribution in [2.75, 3.05) is 46.3 Å². The van der Waals surface area contributed by atoms with E-state index in [0.717, 1.165) is 24.0 Å². The minimum Gasteiger partial charge on any atom is -0.508 e. The Bertz CT molecular complexity index is 1530. The number of amides is 10.